The van der Waals surface area contributed by atoms with Crippen LogP contribution in [0.25, 0.3) is 0 Å². The molecule has 164 valence electrons. The third-order valence-electron chi connectivity index (χ3n) is 5.89. The molecule has 0 saturated carbocycles. The lowest BCUT2D eigenvalue weighted by Gasteiger charge is -2.38. The molecule has 0 bridgehead atoms. The van der Waals surface area contributed by atoms with E-state index in [0.29, 0.717) is 23.7 Å². The van der Waals surface area contributed by atoms with Gasteiger partial charge < -0.3 is 24.1 Å². The summed E-state index contributed by atoms with van der Waals surface area (Å²) >= 11 is 0. The minimum absolute atomic E-state index is 0.0290. The van der Waals surface area contributed by atoms with Crippen LogP contribution in [0.1, 0.15) is 35.4 Å². The van der Waals surface area contributed by atoms with Gasteiger partial charge in [0.05, 0.1) is 33.1 Å². The molecule has 0 aliphatic carbocycles. The Morgan fingerprint density at radius 3 is 2.31 bits per heavy atom. The van der Waals surface area contributed by atoms with Crippen molar-refractivity contribution in [2.45, 2.75) is 18.7 Å². The quantitative estimate of drug-likeness (QED) is 0.632. The first-order valence-electron chi connectivity index (χ1n) is 10.3. The second-order valence-corrected chi connectivity index (χ2v) is 7.63. The average molecular weight is 432 g/mol. The summed E-state index contributed by atoms with van der Waals surface area (Å²) in [6.07, 6.45) is 0.144. The molecule has 1 N–H and O–H groups in total. The van der Waals surface area contributed by atoms with Crippen LogP contribution < -0.4 is 18.9 Å². The molecule has 2 aliphatic heterocycles. The van der Waals surface area contributed by atoms with Gasteiger partial charge in [0.1, 0.15) is 11.5 Å². The normalized spacial score (nSPS) is 18.8. The molecular weight excluding hydrogens is 408 g/mol. The van der Waals surface area contributed by atoms with Crippen LogP contribution in [0.4, 0.5) is 0 Å². The fraction of sp³-hybridized carbons (Fsp3) is 0.240. The molecule has 0 amide bonds. The van der Waals surface area contributed by atoms with Crippen LogP contribution in [-0.2, 0) is 0 Å². The van der Waals surface area contributed by atoms with E-state index in [-0.39, 0.29) is 11.8 Å². The van der Waals surface area contributed by atoms with Gasteiger partial charge in [-0.15, -0.1) is 0 Å². The van der Waals surface area contributed by atoms with Crippen molar-refractivity contribution < 1.29 is 24.1 Å². The highest BCUT2D eigenvalue weighted by Gasteiger charge is 2.41. The second-order valence-electron chi connectivity index (χ2n) is 7.63. The van der Waals surface area contributed by atoms with Crippen molar-refractivity contribution in [3.8, 4) is 28.7 Å². The zero-order valence-electron chi connectivity index (χ0n) is 18.1. The number of rotatable bonds is 5. The molecule has 5 rings (SSSR count). The van der Waals surface area contributed by atoms with E-state index < -0.39 is 6.23 Å². The summed E-state index contributed by atoms with van der Waals surface area (Å²) in [5, 5.41) is 17.3. The zero-order chi connectivity index (χ0) is 22.2. The number of phenols is 1. The van der Waals surface area contributed by atoms with Crippen LogP contribution in [0.2, 0.25) is 0 Å². The first-order valence-corrected chi connectivity index (χ1v) is 10.3. The van der Waals surface area contributed by atoms with Crippen LogP contribution >= 0.6 is 0 Å². The molecule has 7 heteroatoms. The lowest BCUT2D eigenvalue weighted by atomic mass is 9.95. The predicted octanol–water partition coefficient (Wildman–Crippen LogP) is 4.66. The van der Waals surface area contributed by atoms with Gasteiger partial charge in [-0.2, -0.15) is 5.10 Å². The molecule has 3 aromatic rings. The Balaban J connectivity index is 1.64. The molecule has 7 nitrogen and oxygen atoms in total. The zero-order valence-corrected chi connectivity index (χ0v) is 18.1. The topological polar surface area (TPSA) is 72.8 Å². The number of phenolic OH excluding ortho intramolecular Hbond substituents is 1. The van der Waals surface area contributed by atoms with E-state index in [9.17, 15) is 5.11 Å². The van der Waals surface area contributed by atoms with Crippen LogP contribution in [-0.4, -0.2) is 37.2 Å². The van der Waals surface area contributed by atoms with Crippen LogP contribution in [0.5, 0.6) is 28.7 Å². The van der Waals surface area contributed by atoms with Crippen molar-refractivity contribution in [3.63, 3.8) is 0 Å². The molecule has 32 heavy (non-hydrogen) atoms. The van der Waals surface area contributed by atoms with Gasteiger partial charge in [-0.05, 0) is 30.3 Å². The maximum Gasteiger partial charge on any atom is 0.214 e. The Hall–Kier alpha value is -3.87. The SMILES string of the molecule is COc1cc([C@@H]2Oc3ccccc3[C@@H]3CC(c4ccccc4O)=NN32)cc(OC)c1OC. The predicted molar refractivity (Wildman–Crippen MR) is 120 cm³/mol. The summed E-state index contributed by atoms with van der Waals surface area (Å²) < 4.78 is 23.0. The first kappa shape index (κ1) is 20.1. The number of hydrazone groups is 1. The Labute approximate surface area is 186 Å². The van der Waals surface area contributed by atoms with Gasteiger partial charge >= 0.3 is 0 Å². The Bertz CT molecular complexity index is 1170. The number of hydrogen-bond acceptors (Lipinski definition) is 7. The molecule has 3 aromatic carbocycles. The van der Waals surface area contributed by atoms with Gasteiger partial charge in [0.25, 0.3) is 0 Å². The molecule has 0 unspecified atom stereocenters. The number of fused-ring (bicyclic) bond motifs is 3. The maximum atomic E-state index is 10.4. The number of ether oxygens (including phenoxy) is 4. The lowest BCUT2D eigenvalue weighted by molar-refractivity contribution is -0.0192. The summed E-state index contributed by atoms with van der Waals surface area (Å²) in [6.45, 7) is 0. The van der Waals surface area contributed by atoms with Crippen LogP contribution in [0, 0.1) is 0 Å². The average Bonchev–Trinajstić information content (AvgIpc) is 3.28. The Morgan fingerprint density at radius 2 is 1.62 bits per heavy atom. The molecule has 2 aliphatic rings. The van der Waals surface area contributed by atoms with Crippen molar-refractivity contribution in [1.29, 1.82) is 0 Å². The van der Waals surface area contributed by atoms with E-state index in [1.165, 1.54) is 0 Å². The molecule has 0 radical (unpaired) electrons. The number of aromatic hydroxyl groups is 1. The number of benzene rings is 3. The highest BCUT2D eigenvalue weighted by atomic mass is 16.5. The van der Waals surface area contributed by atoms with Crippen molar-refractivity contribution in [2.24, 2.45) is 5.10 Å². The number of methoxy groups -OCH3 is 3. The monoisotopic (exact) mass is 432 g/mol. The number of hydrogen-bond donors (Lipinski definition) is 1. The maximum absolute atomic E-state index is 10.4. The third kappa shape index (κ3) is 3.17. The Morgan fingerprint density at radius 1 is 0.938 bits per heavy atom. The molecule has 0 spiro atoms. The van der Waals surface area contributed by atoms with Gasteiger partial charge in [0.15, 0.2) is 11.5 Å². The molecule has 0 saturated heterocycles. The first-order chi connectivity index (χ1) is 15.6. The van der Waals surface area contributed by atoms with Gasteiger partial charge in [0.2, 0.25) is 12.0 Å². The largest absolute Gasteiger partial charge is 0.507 e. The number of para-hydroxylation sites is 2. The van der Waals surface area contributed by atoms with E-state index >= 15 is 0 Å². The van der Waals surface area contributed by atoms with Crippen molar-refractivity contribution in [2.75, 3.05) is 21.3 Å². The summed E-state index contributed by atoms with van der Waals surface area (Å²) in [7, 11) is 4.75. The molecule has 0 aromatic heterocycles. The lowest BCUT2D eigenvalue weighted by Crippen LogP contribution is -2.33. The van der Waals surface area contributed by atoms with Gasteiger partial charge in [0, 0.05) is 23.1 Å². The fourth-order valence-corrected chi connectivity index (χ4v) is 4.38. The smallest absolute Gasteiger partial charge is 0.214 e. The van der Waals surface area contributed by atoms with Crippen molar-refractivity contribution >= 4 is 5.71 Å². The standard InChI is InChI=1S/C25H24N2O5/c1-29-22-12-15(13-23(30-2)24(22)31-3)25-27-19(17-9-5-7-11-21(17)32-25)14-18(26-27)16-8-4-6-10-20(16)28/h4-13,19,25,28H,14H2,1-3H3/t19-,25-/m0/s1. The highest BCUT2D eigenvalue weighted by molar-refractivity contribution is 6.04. The minimum Gasteiger partial charge on any atom is -0.507 e. The molecular formula is C25H24N2O5. The van der Waals surface area contributed by atoms with E-state index in [0.717, 1.165) is 28.2 Å². The van der Waals surface area contributed by atoms with E-state index in [2.05, 4.69) is 6.07 Å². The van der Waals surface area contributed by atoms with Crippen molar-refractivity contribution in [1.82, 2.24) is 5.01 Å². The minimum atomic E-state index is -0.507. The van der Waals surface area contributed by atoms with Crippen LogP contribution in [0.3, 0.4) is 0 Å². The Kier molecular flexibility index (Phi) is 5.01. The van der Waals surface area contributed by atoms with Gasteiger partial charge in [-0.1, -0.05) is 30.3 Å². The second kappa shape index (κ2) is 8.00. The molecule has 2 atom stereocenters. The highest BCUT2D eigenvalue weighted by Crippen LogP contribution is 2.50. The van der Waals surface area contributed by atoms with Crippen LogP contribution in [0.15, 0.2) is 65.8 Å². The summed E-state index contributed by atoms with van der Waals surface area (Å²) in [5.74, 6) is 2.63. The third-order valence-corrected chi connectivity index (χ3v) is 5.89. The number of nitrogens with zero attached hydrogens (tertiary/aromatic N) is 2. The van der Waals surface area contributed by atoms with Gasteiger partial charge in [-0.25, -0.2) is 5.01 Å². The van der Waals surface area contributed by atoms with Crippen molar-refractivity contribution in [3.05, 3.63) is 77.4 Å². The summed E-state index contributed by atoms with van der Waals surface area (Å²) in [6, 6.07) is 19.0. The van der Waals surface area contributed by atoms with E-state index in [1.807, 2.05) is 47.5 Å². The van der Waals surface area contributed by atoms with Gasteiger partial charge in [-0.3, -0.25) is 0 Å². The fourth-order valence-electron chi connectivity index (χ4n) is 4.38. The molecule has 2 heterocycles. The van der Waals surface area contributed by atoms with E-state index in [4.69, 9.17) is 24.0 Å². The summed E-state index contributed by atoms with van der Waals surface area (Å²) in [5.41, 5.74) is 3.42. The molecule has 0 fully saturated rings. The summed E-state index contributed by atoms with van der Waals surface area (Å²) in [4.78, 5) is 0. The van der Waals surface area contributed by atoms with E-state index in [1.54, 1.807) is 33.5 Å².